The average Bonchev–Trinajstić information content (AvgIpc) is 2.48. The van der Waals surface area contributed by atoms with Crippen LogP contribution < -0.4 is 10.1 Å². The molecule has 2 aromatic carbocycles. The molecule has 0 saturated carbocycles. The maximum Gasteiger partial charge on any atom is 0.118 e. The Labute approximate surface area is 121 Å². The van der Waals surface area contributed by atoms with Gasteiger partial charge in [0.1, 0.15) is 5.75 Å². The number of rotatable bonds is 6. The monoisotopic (exact) mass is 269 g/mol. The molecule has 0 radical (unpaired) electrons. The Morgan fingerprint density at radius 1 is 0.900 bits per heavy atom. The highest BCUT2D eigenvalue weighted by Gasteiger charge is 2.00. The molecule has 0 bridgehead atoms. The summed E-state index contributed by atoms with van der Waals surface area (Å²) in [5.41, 5.74) is 3.83. The first-order valence-corrected chi connectivity index (χ1v) is 7.16. The van der Waals surface area contributed by atoms with Gasteiger partial charge in [0.15, 0.2) is 0 Å². The number of hydrogen-bond acceptors (Lipinski definition) is 2. The summed E-state index contributed by atoms with van der Waals surface area (Å²) in [7, 11) is 1.69. The van der Waals surface area contributed by atoms with E-state index in [1.54, 1.807) is 7.11 Å². The van der Waals surface area contributed by atoms with Gasteiger partial charge >= 0.3 is 0 Å². The molecule has 106 valence electrons. The highest BCUT2D eigenvalue weighted by molar-refractivity contribution is 5.64. The molecule has 0 heterocycles. The van der Waals surface area contributed by atoms with E-state index in [0.717, 1.165) is 18.7 Å². The van der Waals surface area contributed by atoms with Crippen molar-refractivity contribution in [3.05, 3.63) is 54.1 Å². The molecule has 2 nitrogen and oxygen atoms in total. The van der Waals surface area contributed by atoms with Gasteiger partial charge in [-0.05, 0) is 41.8 Å². The molecule has 2 heteroatoms. The van der Waals surface area contributed by atoms with E-state index in [1.165, 1.54) is 16.7 Å². The molecule has 0 saturated heterocycles. The van der Waals surface area contributed by atoms with Crippen molar-refractivity contribution in [3.63, 3.8) is 0 Å². The highest BCUT2D eigenvalue weighted by atomic mass is 16.5. The molecule has 1 N–H and O–H groups in total. The smallest absolute Gasteiger partial charge is 0.118 e. The minimum absolute atomic E-state index is 0.550. The minimum atomic E-state index is 0.550. The lowest BCUT2D eigenvalue weighted by atomic mass is 10.0. The molecular weight excluding hydrogens is 246 g/mol. The first-order valence-electron chi connectivity index (χ1n) is 7.16. The lowest BCUT2D eigenvalue weighted by molar-refractivity contribution is 0.415. The van der Waals surface area contributed by atoms with E-state index < -0.39 is 0 Å². The van der Waals surface area contributed by atoms with Gasteiger partial charge in [-0.25, -0.2) is 0 Å². The van der Waals surface area contributed by atoms with Crippen molar-refractivity contribution < 1.29 is 4.74 Å². The first kappa shape index (κ1) is 14.6. The fourth-order valence-electron chi connectivity index (χ4n) is 2.15. The van der Waals surface area contributed by atoms with E-state index in [2.05, 4.69) is 55.6 Å². The minimum Gasteiger partial charge on any atom is -0.497 e. The maximum absolute atomic E-state index is 5.18. The van der Waals surface area contributed by atoms with Gasteiger partial charge in [0.2, 0.25) is 0 Å². The Morgan fingerprint density at radius 2 is 1.45 bits per heavy atom. The van der Waals surface area contributed by atoms with Gasteiger partial charge in [-0.1, -0.05) is 50.2 Å². The zero-order valence-corrected chi connectivity index (χ0v) is 12.5. The van der Waals surface area contributed by atoms with Crippen LogP contribution >= 0.6 is 0 Å². The van der Waals surface area contributed by atoms with Gasteiger partial charge in [0.25, 0.3) is 0 Å². The van der Waals surface area contributed by atoms with Gasteiger partial charge in [0.05, 0.1) is 7.11 Å². The Balaban J connectivity index is 1.99. The van der Waals surface area contributed by atoms with Gasteiger partial charge in [0, 0.05) is 6.04 Å². The molecule has 0 unspecified atom stereocenters. The third-order valence-corrected chi connectivity index (χ3v) is 3.34. The highest BCUT2D eigenvalue weighted by Crippen LogP contribution is 2.22. The lowest BCUT2D eigenvalue weighted by Gasteiger charge is -2.09. The molecular formula is C18H23NO. The van der Waals surface area contributed by atoms with Crippen LogP contribution in [-0.2, 0) is 6.42 Å². The molecule has 0 atom stereocenters. The zero-order chi connectivity index (χ0) is 14.4. The Kier molecular flexibility index (Phi) is 5.19. The van der Waals surface area contributed by atoms with E-state index in [1.807, 2.05) is 12.1 Å². The summed E-state index contributed by atoms with van der Waals surface area (Å²) < 4.78 is 5.18. The standard InChI is InChI=1S/C18H23NO/c1-14(2)19-13-12-15-4-6-16(7-5-15)17-8-10-18(20-3)11-9-17/h4-11,14,19H,12-13H2,1-3H3. The van der Waals surface area contributed by atoms with Gasteiger partial charge < -0.3 is 10.1 Å². The van der Waals surface area contributed by atoms with Crippen LogP contribution in [0.4, 0.5) is 0 Å². The number of nitrogens with one attached hydrogen (secondary N) is 1. The topological polar surface area (TPSA) is 21.3 Å². The first-order chi connectivity index (χ1) is 9.69. The SMILES string of the molecule is COc1ccc(-c2ccc(CCNC(C)C)cc2)cc1. The van der Waals surface area contributed by atoms with Crippen molar-refractivity contribution in [1.82, 2.24) is 5.32 Å². The Morgan fingerprint density at radius 3 is 1.95 bits per heavy atom. The summed E-state index contributed by atoms with van der Waals surface area (Å²) in [5.74, 6) is 0.894. The molecule has 0 aromatic heterocycles. The summed E-state index contributed by atoms with van der Waals surface area (Å²) in [4.78, 5) is 0. The summed E-state index contributed by atoms with van der Waals surface area (Å²) in [6.45, 7) is 5.37. The van der Waals surface area contributed by atoms with Crippen molar-refractivity contribution >= 4 is 0 Å². The lowest BCUT2D eigenvalue weighted by Crippen LogP contribution is -2.24. The van der Waals surface area contributed by atoms with Crippen molar-refractivity contribution in [2.75, 3.05) is 13.7 Å². The van der Waals surface area contributed by atoms with E-state index in [-0.39, 0.29) is 0 Å². The second-order valence-corrected chi connectivity index (χ2v) is 5.28. The van der Waals surface area contributed by atoms with Crippen molar-refractivity contribution in [2.45, 2.75) is 26.3 Å². The molecule has 0 fully saturated rings. The van der Waals surface area contributed by atoms with Crippen LogP contribution in [0.25, 0.3) is 11.1 Å². The molecule has 0 aliphatic rings. The molecule has 20 heavy (non-hydrogen) atoms. The molecule has 0 spiro atoms. The van der Waals surface area contributed by atoms with E-state index in [9.17, 15) is 0 Å². The van der Waals surface area contributed by atoms with Crippen LogP contribution in [0.1, 0.15) is 19.4 Å². The van der Waals surface area contributed by atoms with Crippen LogP contribution in [0.5, 0.6) is 5.75 Å². The van der Waals surface area contributed by atoms with Gasteiger partial charge in [-0.2, -0.15) is 0 Å². The normalized spacial score (nSPS) is 10.8. The van der Waals surface area contributed by atoms with Crippen LogP contribution in [-0.4, -0.2) is 19.7 Å². The third kappa shape index (κ3) is 4.10. The summed E-state index contributed by atoms with van der Waals surface area (Å²) in [5, 5.41) is 3.44. The van der Waals surface area contributed by atoms with E-state index in [0.29, 0.717) is 6.04 Å². The second-order valence-electron chi connectivity index (χ2n) is 5.28. The largest absolute Gasteiger partial charge is 0.497 e. The van der Waals surface area contributed by atoms with Crippen LogP contribution in [0.3, 0.4) is 0 Å². The zero-order valence-electron chi connectivity index (χ0n) is 12.5. The fourth-order valence-corrected chi connectivity index (χ4v) is 2.15. The average molecular weight is 269 g/mol. The van der Waals surface area contributed by atoms with Crippen molar-refractivity contribution in [2.24, 2.45) is 0 Å². The second kappa shape index (κ2) is 7.11. The van der Waals surface area contributed by atoms with Crippen LogP contribution in [0.15, 0.2) is 48.5 Å². The fraction of sp³-hybridized carbons (Fsp3) is 0.333. The number of methoxy groups -OCH3 is 1. The number of hydrogen-bond donors (Lipinski definition) is 1. The number of benzene rings is 2. The summed E-state index contributed by atoms with van der Waals surface area (Å²) in [6, 6.07) is 17.5. The molecule has 2 rings (SSSR count). The van der Waals surface area contributed by atoms with Gasteiger partial charge in [-0.3, -0.25) is 0 Å². The predicted molar refractivity (Wildman–Crippen MR) is 85.3 cm³/mol. The van der Waals surface area contributed by atoms with Crippen molar-refractivity contribution in [3.8, 4) is 16.9 Å². The van der Waals surface area contributed by atoms with Crippen molar-refractivity contribution in [1.29, 1.82) is 0 Å². The Hall–Kier alpha value is -1.80. The summed E-state index contributed by atoms with van der Waals surface area (Å²) >= 11 is 0. The third-order valence-electron chi connectivity index (χ3n) is 3.34. The van der Waals surface area contributed by atoms with Crippen LogP contribution in [0, 0.1) is 0 Å². The van der Waals surface area contributed by atoms with Gasteiger partial charge in [-0.15, -0.1) is 0 Å². The molecule has 0 aliphatic carbocycles. The molecule has 0 aliphatic heterocycles. The predicted octanol–water partition coefficient (Wildman–Crippen LogP) is 3.90. The number of ether oxygens (including phenoxy) is 1. The van der Waals surface area contributed by atoms with Crippen LogP contribution in [0.2, 0.25) is 0 Å². The maximum atomic E-state index is 5.18. The van der Waals surface area contributed by atoms with E-state index >= 15 is 0 Å². The summed E-state index contributed by atoms with van der Waals surface area (Å²) in [6.07, 6.45) is 1.07. The Bertz CT molecular complexity index is 514. The quantitative estimate of drug-likeness (QED) is 0.858. The molecule has 0 amide bonds. The molecule has 2 aromatic rings. The van der Waals surface area contributed by atoms with E-state index in [4.69, 9.17) is 4.74 Å².